The maximum atomic E-state index is 11.7. The Morgan fingerprint density at radius 3 is 2.44 bits per heavy atom. The molecule has 0 spiro atoms. The number of Topliss-reactive ketones (excluding diaryl/α,β-unsaturated/α-hetero) is 1. The van der Waals surface area contributed by atoms with Crippen LogP contribution in [0.4, 0.5) is 0 Å². The molecule has 1 aromatic carbocycles. The van der Waals surface area contributed by atoms with Gasteiger partial charge in [0.2, 0.25) is 0 Å². The molecule has 6 nitrogen and oxygen atoms in total. The van der Waals surface area contributed by atoms with Crippen LogP contribution < -0.4 is 0 Å². The lowest BCUT2D eigenvalue weighted by atomic mass is 10.1. The fourth-order valence-electron chi connectivity index (χ4n) is 1.44. The number of ketones is 1. The highest BCUT2D eigenvalue weighted by molar-refractivity contribution is 5.90. The minimum absolute atomic E-state index is 0.346. The van der Waals surface area contributed by atoms with E-state index in [-0.39, 0.29) is 5.78 Å². The Morgan fingerprint density at radius 2 is 1.94 bits per heavy atom. The van der Waals surface area contributed by atoms with Gasteiger partial charge in [0, 0.05) is 4.91 Å². The van der Waals surface area contributed by atoms with Crippen LogP contribution in [0.15, 0.2) is 35.4 Å². The topological polar surface area (TPSA) is 92.1 Å². The highest BCUT2D eigenvalue weighted by atomic mass is 16.5. The summed E-state index contributed by atoms with van der Waals surface area (Å²) in [6, 6.07) is 7.39. The summed E-state index contributed by atoms with van der Waals surface area (Å²) in [5, 5.41) is 3.32. The zero-order valence-electron chi connectivity index (χ0n) is 10.1. The maximum Gasteiger partial charge on any atom is 0.338 e. The molecule has 0 aliphatic rings. The number of esters is 1. The number of hydrogen-bond acceptors (Lipinski definition) is 4. The number of carbonyl (C=O) groups is 2. The number of benzene rings is 1. The number of rotatable bonds is 5. The Hall–Kier alpha value is -2.33. The molecule has 0 bridgehead atoms. The predicted molar refractivity (Wildman–Crippen MR) is 64.9 cm³/mol. The summed E-state index contributed by atoms with van der Waals surface area (Å²) in [4.78, 5) is 25.5. The molecule has 1 aromatic rings. The Bertz CT molecular complexity index is 479. The van der Waals surface area contributed by atoms with Crippen LogP contribution in [-0.4, -0.2) is 23.9 Å². The first-order chi connectivity index (χ1) is 8.56. The Morgan fingerprint density at radius 1 is 1.33 bits per heavy atom. The third-order valence-electron chi connectivity index (χ3n) is 2.34. The Balaban J connectivity index is 2.75. The fourth-order valence-corrected chi connectivity index (χ4v) is 1.44. The minimum Gasteiger partial charge on any atom is -0.458 e. The molecule has 0 N–H and O–H groups in total. The SMILES string of the molecule is CC(=O)[C@H](N=[N+]=[N-])[C@H](C)OC(=O)c1ccccc1. The molecular weight excluding hydrogens is 234 g/mol. The quantitative estimate of drug-likeness (QED) is 0.346. The average Bonchev–Trinajstić information content (AvgIpc) is 2.36. The summed E-state index contributed by atoms with van der Waals surface area (Å²) in [5.74, 6) is -0.899. The first-order valence-corrected chi connectivity index (χ1v) is 5.37. The van der Waals surface area contributed by atoms with Gasteiger partial charge in [-0.25, -0.2) is 4.79 Å². The number of hydrogen-bond donors (Lipinski definition) is 0. The third kappa shape index (κ3) is 3.61. The van der Waals surface area contributed by atoms with Crippen molar-refractivity contribution < 1.29 is 14.3 Å². The summed E-state index contributed by atoms with van der Waals surface area (Å²) in [6.07, 6.45) is -0.800. The van der Waals surface area contributed by atoms with Gasteiger partial charge in [-0.3, -0.25) is 4.79 Å². The first kappa shape index (κ1) is 13.7. The van der Waals surface area contributed by atoms with E-state index in [2.05, 4.69) is 10.0 Å². The van der Waals surface area contributed by atoms with Crippen molar-refractivity contribution in [3.8, 4) is 0 Å². The lowest BCUT2D eigenvalue weighted by Crippen LogP contribution is -2.32. The van der Waals surface area contributed by atoms with Gasteiger partial charge in [-0.15, -0.1) is 0 Å². The van der Waals surface area contributed by atoms with Crippen molar-refractivity contribution in [3.05, 3.63) is 46.3 Å². The molecule has 6 heteroatoms. The minimum atomic E-state index is -0.998. The molecule has 0 aromatic heterocycles. The van der Waals surface area contributed by atoms with E-state index in [1.54, 1.807) is 30.3 Å². The lowest BCUT2D eigenvalue weighted by Gasteiger charge is -2.17. The van der Waals surface area contributed by atoms with E-state index in [1.807, 2.05) is 0 Å². The smallest absolute Gasteiger partial charge is 0.338 e. The van der Waals surface area contributed by atoms with Gasteiger partial charge in [-0.2, -0.15) is 0 Å². The molecule has 1 rings (SSSR count). The van der Waals surface area contributed by atoms with Crippen LogP contribution >= 0.6 is 0 Å². The zero-order valence-corrected chi connectivity index (χ0v) is 10.1. The Labute approximate surface area is 104 Å². The lowest BCUT2D eigenvalue weighted by molar-refractivity contribution is -0.120. The highest BCUT2D eigenvalue weighted by Gasteiger charge is 2.24. The molecule has 0 aliphatic heterocycles. The van der Waals surface area contributed by atoms with Crippen LogP contribution in [-0.2, 0) is 9.53 Å². The van der Waals surface area contributed by atoms with E-state index in [4.69, 9.17) is 10.3 Å². The number of ether oxygens (including phenoxy) is 1. The predicted octanol–water partition coefficient (Wildman–Crippen LogP) is 2.50. The molecule has 2 atom stereocenters. The van der Waals surface area contributed by atoms with Gasteiger partial charge in [0.25, 0.3) is 0 Å². The summed E-state index contributed by atoms with van der Waals surface area (Å²) < 4.78 is 5.09. The molecule has 0 unspecified atom stereocenters. The summed E-state index contributed by atoms with van der Waals surface area (Å²) in [7, 11) is 0. The average molecular weight is 247 g/mol. The first-order valence-electron chi connectivity index (χ1n) is 5.37. The van der Waals surface area contributed by atoms with Crippen LogP contribution in [0.3, 0.4) is 0 Å². The highest BCUT2D eigenvalue weighted by Crippen LogP contribution is 2.09. The van der Waals surface area contributed by atoms with Crippen molar-refractivity contribution in [2.75, 3.05) is 0 Å². The van der Waals surface area contributed by atoms with E-state index in [9.17, 15) is 9.59 Å². The van der Waals surface area contributed by atoms with Crippen LogP contribution in [0.25, 0.3) is 10.4 Å². The number of nitrogens with zero attached hydrogens (tertiary/aromatic N) is 3. The molecule has 0 fully saturated rings. The van der Waals surface area contributed by atoms with Crippen molar-refractivity contribution in [1.29, 1.82) is 0 Å². The van der Waals surface area contributed by atoms with Crippen LogP contribution in [0.1, 0.15) is 24.2 Å². The second kappa shape index (κ2) is 6.42. The van der Waals surface area contributed by atoms with Crippen LogP contribution in [0.5, 0.6) is 0 Å². The van der Waals surface area contributed by atoms with Gasteiger partial charge >= 0.3 is 5.97 Å². The molecule has 0 saturated heterocycles. The van der Waals surface area contributed by atoms with E-state index in [1.165, 1.54) is 13.8 Å². The van der Waals surface area contributed by atoms with Crippen molar-refractivity contribution >= 4 is 11.8 Å². The van der Waals surface area contributed by atoms with E-state index in [0.717, 1.165) is 0 Å². The van der Waals surface area contributed by atoms with Gasteiger partial charge in [0.1, 0.15) is 17.9 Å². The van der Waals surface area contributed by atoms with E-state index >= 15 is 0 Å². The second-order valence-electron chi connectivity index (χ2n) is 3.74. The maximum absolute atomic E-state index is 11.7. The molecule has 0 aliphatic carbocycles. The summed E-state index contributed by atoms with van der Waals surface area (Å²) in [5.41, 5.74) is 8.73. The van der Waals surface area contributed by atoms with Crippen LogP contribution in [0.2, 0.25) is 0 Å². The normalized spacial score (nSPS) is 13.0. The second-order valence-corrected chi connectivity index (χ2v) is 3.74. The van der Waals surface area contributed by atoms with Crippen molar-refractivity contribution in [1.82, 2.24) is 0 Å². The van der Waals surface area contributed by atoms with E-state index in [0.29, 0.717) is 5.56 Å². The van der Waals surface area contributed by atoms with Crippen molar-refractivity contribution in [2.24, 2.45) is 5.11 Å². The fraction of sp³-hybridized carbons (Fsp3) is 0.333. The third-order valence-corrected chi connectivity index (χ3v) is 2.34. The monoisotopic (exact) mass is 247 g/mol. The van der Waals surface area contributed by atoms with Gasteiger partial charge in [-0.05, 0) is 31.5 Å². The Kier molecular flexibility index (Phi) is 4.90. The molecule has 0 saturated carbocycles. The van der Waals surface area contributed by atoms with Crippen molar-refractivity contribution in [2.45, 2.75) is 26.0 Å². The van der Waals surface area contributed by atoms with Gasteiger partial charge in [0.15, 0.2) is 0 Å². The molecule has 0 amide bonds. The van der Waals surface area contributed by atoms with Gasteiger partial charge in [-0.1, -0.05) is 23.3 Å². The number of carbonyl (C=O) groups excluding carboxylic acids is 2. The van der Waals surface area contributed by atoms with Crippen LogP contribution in [0, 0.1) is 0 Å². The van der Waals surface area contributed by atoms with E-state index < -0.39 is 18.1 Å². The largest absolute Gasteiger partial charge is 0.458 e. The summed E-state index contributed by atoms with van der Waals surface area (Å²) in [6.45, 7) is 2.80. The molecule has 18 heavy (non-hydrogen) atoms. The summed E-state index contributed by atoms with van der Waals surface area (Å²) >= 11 is 0. The molecular formula is C12H13N3O3. The molecule has 94 valence electrons. The number of azide groups is 1. The molecule has 0 radical (unpaired) electrons. The standard InChI is InChI=1S/C12H13N3O3/c1-8(16)11(14-15-13)9(2)18-12(17)10-6-4-3-5-7-10/h3-7,9,11H,1-2H3/t9-,11-/m0/s1. The molecule has 0 heterocycles. The zero-order chi connectivity index (χ0) is 13.5. The van der Waals surface area contributed by atoms with Gasteiger partial charge < -0.3 is 4.74 Å². The van der Waals surface area contributed by atoms with Crippen molar-refractivity contribution in [3.63, 3.8) is 0 Å². The van der Waals surface area contributed by atoms with Gasteiger partial charge in [0.05, 0.1) is 5.56 Å².